The van der Waals surface area contributed by atoms with E-state index in [1.807, 2.05) is 67.6 Å². The lowest BCUT2D eigenvalue weighted by Crippen LogP contribution is -2.46. The number of anilines is 1. The molecule has 5 rings (SSSR count). The molecule has 154 valence electrons. The summed E-state index contributed by atoms with van der Waals surface area (Å²) < 4.78 is 6.22. The molecule has 1 spiro atoms. The third-order valence-electron chi connectivity index (χ3n) is 6.57. The van der Waals surface area contributed by atoms with Gasteiger partial charge in [-0.15, -0.1) is 0 Å². The molecule has 0 radical (unpaired) electrons. The summed E-state index contributed by atoms with van der Waals surface area (Å²) in [5.41, 5.74) is 1.42. The number of carbonyl (C=O) groups is 2. The third kappa shape index (κ3) is 3.14. The van der Waals surface area contributed by atoms with Crippen molar-refractivity contribution in [3.8, 4) is 0 Å². The quantitative estimate of drug-likeness (QED) is 0.756. The maximum atomic E-state index is 13.3. The molecule has 5 atom stereocenters. The number of hydrogen-bond donors (Lipinski definition) is 1. The first-order valence-corrected chi connectivity index (χ1v) is 10.7. The fourth-order valence-corrected chi connectivity index (χ4v) is 5.06. The number of rotatable bonds is 6. The predicted octanol–water partition coefficient (Wildman–Crippen LogP) is 3.11. The SMILES string of the molecule is CC(CCc1ccccc1)NC(=O)C1C2C=C[C@]3(CN(c4ccccc4)C(=O)C13)O2. The number of benzene rings is 2. The Kier molecular flexibility index (Phi) is 4.70. The Balaban J connectivity index is 1.29. The molecule has 3 aliphatic heterocycles. The van der Waals surface area contributed by atoms with Crippen LogP contribution in [0.2, 0.25) is 0 Å². The summed E-state index contributed by atoms with van der Waals surface area (Å²) in [7, 11) is 0. The standard InChI is InChI=1S/C25H26N2O3/c1-17(12-13-18-8-4-2-5-9-18)26-23(28)21-20-14-15-25(30-20)16-27(24(29)22(21)25)19-10-6-3-7-11-19/h2-11,14-15,17,20-22H,12-13,16H2,1H3,(H,26,28)/t17?,20?,21?,22?,25-/m1/s1. The maximum absolute atomic E-state index is 13.3. The highest BCUT2D eigenvalue weighted by Gasteiger charge is 2.67. The van der Waals surface area contributed by atoms with E-state index in [9.17, 15) is 9.59 Å². The van der Waals surface area contributed by atoms with Crippen LogP contribution in [0.25, 0.3) is 0 Å². The van der Waals surface area contributed by atoms with Gasteiger partial charge in [0.2, 0.25) is 11.8 Å². The summed E-state index contributed by atoms with van der Waals surface area (Å²) in [5, 5.41) is 3.14. The molecule has 2 aromatic carbocycles. The molecule has 2 bridgehead atoms. The monoisotopic (exact) mass is 402 g/mol. The second-order valence-electron chi connectivity index (χ2n) is 8.59. The number of para-hydroxylation sites is 1. The van der Waals surface area contributed by atoms with Crippen LogP contribution in [0.15, 0.2) is 72.8 Å². The van der Waals surface area contributed by atoms with Crippen LogP contribution in [-0.2, 0) is 20.7 Å². The van der Waals surface area contributed by atoms with Crippen molar-refractivity contribution in [1.82, 2.24) is 5.32 Å². The average Bonchev–Trinajstić information content (AvgIpc) is 3.42. The summed E-state index contributed by atoms with van der Waals surface area (Å²) in [4.78, 5) is 28.3. The molecule has 30 heavy (non-hydrogen) atoms. The van der Waals surface area contributed by atoms with Crippen LogP contribution in [0.5, 0.6) is 0 Å². The Bertz CT molecular complexity index is 974. The first-order chi connectivity index (χ1) is 14.6. The zero-order valence-electron chi connectivity index (χ0n) is 17.0. The molecule has 2 aromatic rings. The fraction of sp³-hybridized carbons (Fsp3) is 0.360. The van der Waals surface area contributed by atoms with Crippen molar-refractivity contribution in [2.24, 2.45) is 11.8 Å². The smallest absolute Gasteiger partial charge is 0.234 e. The van der Waals surface area contributed by atoms with E-state index in [-0.39, 0.29) is 24.0 Å². The van der Waals surface area contributed by atoms with Gasteiger partial charge in [-0.05, 0) is 37.5 Å². The number of aryl methyl sites for hydroxylation is 1. The van der Waals surface area contributed by atoms with Crippen molar-refractivity contribution in [3.05, 3.63) is 78.4 Å². The minimum atomic E-state index is -0.688. The Morgan fingerprint density at radius 1 is 1.17 bits per heavy atom. The van der Waals surface area contributed by atoms with Crippen LogP contribution in [0.1, 0.15) is 18.9 Å². The Labute approximate surface area is 176 Å². The van der Waals surface area contributed by atoms with Gasteiger partial charge in [-0.25, -0.2) is 0 Å². The van der Waals surface area contributed by atoms with Gasteiger partial charge in [-0.3, -0.25) is 9.59 Å². The number of amides is 2. The van der Waals surface area contributed by atoms with Gasteiger partial charge in [0.15, 0.2) is 0 Å². The van der Waals surface area contributed by atoms with Crippen LogP contribution in [-0.4, -0.2) is 36.1 Å². The number of nitrogens with zero attached hydrogens (tertiary/aromatic N) is 1. The van der Waals surface area contributed by atoms with E-state index in [0.717, 1.165) is 18.5 Å². The molecule has 3 heterocycles. The fourth-order valence-electron chi connectivity index (χ4n) is 5.06. The molecular formula is C25H26N2O3. The largest absolute Gasteiger partial charge is 0.360 e. The van der Waals surface area contributed by atoms with Gasteiger partial charge in [0.25, 0.3) is 0 Å². The van der Waals surface area contributed by atoms with E-state index in [1.165, 1.54) is 5.56 Å². The van der Waals surface area contributed by atoms with Crippen molar-refractivity contribution in [3.63, 3.8) is 0 Å². The Morgan fingerprint density at radius 2 is 1.87 bits per heavy atom. The zero-order valence-corrected chi connectivity index (χ0v) is 17.0. The molecular weight excluding hydrogens is 376 g/mol. The van der Waals surface area contributed by atoms with E-state index in [2.05, 4.69) is 17.4 Å². The molecule has 3 aliphatic rings. The van der Waals surface area contributed by atoms with Crippen molar-refractivity contribution in [1.29, 1.82) is 0 Å². The second-order valence-corrected chi connectivity index (χ2v) is 8.59. The van der Waals surface area contributed by atoms with E-state index in [1.54, 1.807) is 4.90 Å². The lowest BCUT2D eigenvalue weighted by Gasteiger charge is -2.25. The summed E-state index contributed by atoms with van der Waals surface area (Å²) >= 11 is 0. The number of ether oxygens (including phenoxy) is 1. The molecule has 1 N–H and O–H groups in total. The minimum absolute atomic E-state index is 0.0230. The highest BCUT2D eigenvalue weighted by Crippen LogP contribution is 2.52. The number of carbonyl (C=O) groups excluding carboxylic acids is 2. The molecule has 0 aromatic heterocycles. The molecule has 0 saturated carbocycles. The zero-order chi connectivity index (χ0) is 20.7. The third-order valence-corrected chi connectivity index (χ3v) is 6.57. The number of nitrogens with one attached hydrogen (secondary N) is 1. The van der Waals surface area contributed by atoms with Gasteiger partial charge in [-0.2, -0.15) is 0 Å². The van der Waals surface area contributed by atoms with E-state index in [0.29, 0.717) is 6.54 Å². The molecule has 2 saturated heterocycles. The van der Waals surface area contributed by atoms with E-state index >= 15 is 0 Å². The van der Waals surface area contributed by atoms with E-state index < -0.39 is 17.4 Å². The van der Waals surface area contributed by atoms with Gasteiger partial charge in [0.1, 0.15) is 5.60 Å². The summed E-state index contributed by atoms with van der Waals surface area (Å²) in [6, 6.07) is 19.9. The lowest BCUT2D eigenvalue weighted by molar-refractivity contribution is -0.132. The molecule has 4 unspecified atom stereocenters. The highest BCUT2D eigenvalue weighted by molar-refractivity contribution is 6.03. The van der Waals surface area contributed by atoms with Crippen molar-refractivity contribution in [2.45, 2.75) is 37.5 Å². The van der Waals surface area contributed by atoms with Crippen LogP contribution in [0, 0.1) is 11.8 Å². The van der Waals surface area contributed by atoms with Crippen molar-refractivity contribution >= 4 is 17.5 Å². The van der Waals surface area contributed by atoms with Crippen LogP contribution in [0.3, 0.4) is 0 Å². The van der Waals surface area contributed by atoms with Crippen molar-refractivity contribution < 1.29 is 14.3 Å². The van der Waals surface area contributed by atoms with Crippen LogP contribution < -0.4 is 10.2 Å². The first-order valence-electron chi connectivity index (χ1n) is 10.7. The van der Waals surface area contributed by atoms with Crippen LogP contribution in [0.4, 0.5) is 5.69 Å². The van der Waals surface area contributed by atoms with Crippen molar-refractivity contribution in [2.75, 3.05) is 11.4 Å². The topological polar surface area (TPSA) is 58.6 Å². The lowest BCUT2D eigenvalue weighted by atomic mass is 9.76. The Hall–Kier alpha value is -2.92. The molecule has 5 nitrogen and oxygen atoms in total. The Morgan fingerprint density at radius 3 is 2.60 bits per heavy atom. The first kappa shape index (κ1) is 19.1. The molecule has 0 aliphatic carbocycles. The summed E-state index contributed by atoms with van der Waals surface area (Å²) in [6.07, 6.45) is 5.38. The second kappa shape index (κ2) is 7.40. The maximum Gasteiger partial charge on any atom is 0.234 e. The number of fused-ring (bicyclic) bond motifs is 1. The molecule has 2 fully saturated rings. The highest BCUT2D eigenvalue weighted by atomic mass is 16.5. The molecule has 5 heteroatoms. The molecule has 2 amide bonds. The van der Waals surface area contributed by atoms with Gasteiger partial charge in [-0.1, -0.05) is 60.7 Å². The van der Waals surface area contributed by atoms with Gasteiger partial charge < -0.3 is 15.0 Å². The summed E-state index contributed by atoms with van der Waals surface area (Å²) in [6.45, 7) is 2.48. The number of hydrogen-bond acceptors (Lipinski definition) is 3. The van der Waals surface area contributed by atoms with E-state index in [4.69, 9.17) is 4.74 Å². The van der Waals surface area contributed by atoms with Gasteiger partial charge in [0.05, 0.1) is 24.5 Å². The predicted molar refractivity (Wildman–Crippen MR) is 115 cm³/mol. The van der Waals surface area contributed by atoms with Crippen LogP contribution >= 0.6 is 0 Å². The van der Waals surface area contributed by atoms with Gasteiger partial charge >= 0.3 is 0 Å². The minimum Gasteiger partial charge on any atom is -0.360 e. The van der Waals surface area contributed by atoms with Gasteiger partial charge in [0, 0.05) is 11.7 Å². The summed E-state index contributed by atoms with van der Waals surface area (Å²) in [5.74, 6) is -1.05. The average molecular weight is 402 g/mol. The normalized spacial score (nSPS) is 29.8.